The fourth-order valence-corrected chi connectivity index (χ4v) is 4.01. The highest BCUT2D eigenvalue weighted by Gasteiger charge is 2.37. The van der Waals surface area contributed by atoms with E-state index in [4.69, 9.17) is 0 Å². The zero-order valence-corrected chi connectivity index (χ0v) is 16.1. The van der Waals surface area contributed by atoms with E-state index in [0.29, 0.717) is 17.4 Å². The lowest BCUT2D eigenvalue weighted by molar-refractivity contribution is -0.128. The van der Waals surface area contributed by atoms with Crippen molar-refractivity contribution in [3.05, 3.63) is 35.4 Å². The molecule has 5 heteroatoms. The average molecular weight is 357 g/mol. The Bertz CT molecular complexity index is 637. The Morgan fingerprint density at radius 3 is 2.38 bits per heavy atom. The highest BCUT2D eigenvalue weighted by Crippen LogP contribution is 2.29. The van der Waals surface area contributed by atoms with Gasteiger partial charge in [-0.1, -0.05) is 32.4 Å². The van der Waals surface area contributed by atoms with Crippen molar-refractivity contribution in [1.29, 1.82) is 0 Å². The third kappa shape index (κ3) is 4.26. The number of benzene rings is 1. The van der Waals surface area contributed by atoms with Gasteiger partial charge in [-0.3, -0.25) is 14.5 Å². The molecule has 2 atom stereocenters. The SMILES string of the molecule is CNC(=O)c1ccc(CN2C[C@@H](NC(=O)C3CCC3)[C@H](C(C)C)C2)cc1. The van der Waals surface area contributed by atoms with Crippen molar-refractivity contribution in [1.82, 2.24) is 15.5 Å². The number of hydrogen-bond acceptors (Lipinski definition) is 3. The third-order valence-electron chi connectivity index (χ3n) is 5.95. The lowest BCUT2D eigenvalue weighted by Crippen LogP contribution is -2.45. The van der Waals surface area contributed by atoms with E-state index in [9.17, 15) is 9.59 Å². The molecule has 2 fully saturated rings. The Hall–Kier alpha value is -1.88. The van der Waals surface area contributed by atoms with Gasteiger partial charge in [0.05, 0.1) is 0 Å². The van der Waals surface area contributed by atoms with E-state index in [1.54, 1.807) is 7.05 Å². The minimum Gasteiger partial charge on any atom is -0.355 e. The lowest BCUT2D eigenvalue weighted by Gasteiger charge is -2.29. The van der Waals surface area contributed by atoms with Crippen LogP contribution in [0.1, 0.15) is 49.0 Å². The van der Waals surface area contributed by atoms with Crippen LogP contribution in [0, 0.1) is 17.8 Å². The molecular formula is C21H31N3O2. The van der Waals surface area contributed by atoms with Crippen molar-refractivity contribution in [2.75, 3.05) is 20.1 Å². The average Bonchev–Trinajstić information content (AvgIpc) is 2.95. The zero-order chi connectivity index (χ0) is 18.7. The van der Waals surface area contributed by atoms with E-state index >= 15 is 0 Å². The summed E-state index contributed by atoms with van der Waals surface area (Å²) in [4.78, 5) is 26.5. The summed E-state index contributed by atoms with van der Waals surface area (Å²) >= 11 is 0. The Kier molecular flexibility index (Phi) is 5.97. The zero-order valence-electron chi connectivity index (χ0n) is 16.1. The van der Waals surface area contributed by atoms with Gasteiger partial charge >= 0.3 is 0 Å². The van der Waals surface area contributed by atoms with Crippen molar-refractivity contribution < 1.29 is 9.59 Å². The van der Waals surface area contributed by atoms with E-state index in [-0.39, 0.29) is 23.8 Å². The molecule has 1 aromatic carbocycles. The summed E-state index contributed by atoms with van der Waals surface area (Å²) < 4.78 is 0. The number of carbonyl (C=O) groups is 2. The van der Waals surface area contributed by atoms with Crippen LogP contribution in [-0.2, 0) is 11.3 Å². The first-order chi connectivity index (χ1) is 12.5. The standard InChI is InChI=1S/C21H31N3O2/c1-14(2)18-12-24(13-19(18)23-21(26)16-5-4-6-16)11-15-7-9-17(10-8-15)20(25)22-3/h7-10,14,16,18-19H,4-6,11-13H2,1-3H3,(H,22,25)(H,23,26)/t18-,19+/m0/s1. The van der Waals surface area contributed by atoms with E-state index in [1.165, 1.54) is 12.0 Å². The highest BCUT2D eigenvalue weighted by molar-refractivity contribution is 5.93. The predicted molar refractivity (Wildman–Crippen MR) is 103 cm³/mol. The summed E-state index contributed by atoms with van der Waals surface area (Å²) in [5, 5.41) is 5.97. The van der Waals surface area contributed by atoms with Gasteiger partial charge in [0.25, 0.3) is 5.91 Å². The summed E-state index contributed by atoms with van der Waals surface area (Å²) in [6.45, 7) is 7.25. The maximum absolute atomic E-state index is 12.4. The predicted octanol–water partition coefficient (Wildman–Crippen LogP) is 2.42. The van der Waals surface area contributed by atoms with Gasteiger partial charge in [-0.2, -0.15) is 0 Å². The van der Waals surface area contributed by atoms with Gasteiger partial charge in [0, 0.05) is 44.2 Å². The number of hydrogen-bond donors (Lipinski definition) is 2. The van der Waals surface area contributed by atoms with Crippen LogP contribution in [0.5, 0.6) is 0 Å². The number of nitrogens with zero attached hydrogens (tertiary/aromatic N) is 1. The molecule has 1 heterocycles. The molecule has 2 amide bonds. The molecule has 0 spiro atoms. The number of nitrogens with one attached hydrogen (secondary N) is 2. The monoisotopic (exact) mass is 357 g/mol. The van der Waals surface area contributed by atoms with Crippen LogP contribution < -0.4 is 10.6 Å². The summed E-state index contributed by atoms with van der Waals surface area (Å²) in [5.41, 5.74) is 1.88. The highest BCUT2D eigenvalue weighted by atomic mass is 16.2. The normalized spacial score (nSPS) is 23.7. The van der Waals surface area contributed by atoms with Crippen LogP contribution in [0.2, 0.25) is 0 Å². The molecule has 5 nitrogen and oxygen atoms in total. The molecule has 1 aliphatic heterocycles. The molecule has 1 saturated carbocycles. The van der Waals surface area contributed by atoms with Gasteiger partial charge < -0.3 is 10.6 Å². The summed E-state index contributed by atoms with van der Waals surface area (Å²) in [6.07, 6.45) is 3.28. The van der Waals surface area contributed by atoms with E-state index in [2.05, 4.69) is 29.4 Å². The minimum atomic E-state index is -0.0589. The maximum atomic E-state index is 12.4. The first-order valence-corrected chi connectivity index (χ1v) is 9.81. The van der Waals surface area contributed by atoms with Crippen molar-refractivity contribution in [2.24, 2.45) is 17.8 Å². The second kappa shape index (κ2) is 8.21. The molecule has 3 rings (SSSR count). The van der Waals surface area contributed by atoms with Crippen LogP contribution in [0.3, 0.4) is 0 Å². The largest absolute Gasteiger partial charge is 0.355 e. The number of rotatable bonds is 6. The van der Waals surface area contributed by atoms with Crippen molar-refractivity contribution >= 4 is 11.8 Å². The van der Waals surface area contributed by atoms with Gasteiger partial charge in [0.1, 0.15) is 0 Å². The topological polar surface area (TPSA) is 61.4 Å². The van der Waals surface area contributed by atoms with Crippen LogP contribution >= 0.6 is 0 Å². The van der Waals surface area contributed by atoms with Gasteiger partial charge in [-0.15, -0.1) is 0 Å². The Balaban J connectivity index is 1.60. The quantitative estimate of drug-likeness (QED) is 0.822. The van der Waals surface area contributed by atoms with Crippen LogP contribution in [0.4, 0.5) is 0 Å². The molecule has 1 aliphatic carbocycles. The molecule has 0 unspecified atom stereocenters. The summed E-state index contributed by atoms with van der Waals surface area (Å²) in [5.74, 6) is 1.47. The Labute approximate surface area is 156 Å². The molecular weight excluding hydrogens is 326 g/mol. The maximum Gasteiger partial charge on any atom is 0.251 e. The molecule has 2 aliphatic rings. The number of likely N-dealkylation sites (tertiary alicyclic amines) is 1. The molecule has 1 aromatic rings. The van der Waals surface area contributed by atoms with Gasteiger partial charge in [-0.25, -0.2) is 0 Å². The van der Waals surface area contributed by atoms with E-state index in [1.807, 2.05) is 24.3 Å². The molecule has 0 aromatic heterocycles. The number of amides is 2. The second-order valence-electron chi connectivity index (χ2n) is 8.12. The molecule has 0 radical (unpaired) electrons. The molecule has 2 N–H and O–H groups in total. The first kappa shape index (κ1) is 18.9. The lowest BCUT2D eigenvalue weighted by atomic mass is 9.84. The molecule has 142 valence electrons. The van der Waals surface area contributed by atoms with Crippen molar-refractivity contribution in [2.45, 2.75) is 45.7 Å². The Morgan fingerprint density at radius 2 is 1.85 bits per heavy atom. The Morgan fingerprint density at radius 1 is 1.15 bits per heavy atom. The smallest absolute Gasteiger partial charge is 0.251 e. The summed E-state index contributed by atoms with van der Waals surface area (Å²) in [6, 6.07) is 8.04. The minimum absolute atomic E-state index is 0.0589. The first-order valence-electron chi connectivity index (χ1n) is 9.81. The molecule has 1 saturated heterocycles. The van der Waals surface area contributed by atoms with Gasteiger partial charge in [-0.05, 0) is 42.4 Å². The van der Waals surface area contributed by atoms with Crippen molar-refractivity contribution in [3.63, 3.8) is 0 Å². The number of carbonyl (C=O) groups excluding carboxylic acids is 2. The molecule has 0 bridgehead atoms. The second-order valence-corrected chi connectivity index (χ2v) is 8.12. The van der Waals surface area contributed by atoms with Crippen LogP contribution in [-0.4, -0.2) is 42.9 Å². The fraction of sp³-hybridized carbons (Fsp3) is 0.619. The fourth-order valence-electron chi connectivity index (χ4n) is 4.01. The van der Waals surface area contributed by atoms with Gasteiger partial charge in [0.2, 0.25) is 5.91 Å². The van der Waals surface area contributed by atoms with E-state index in [0.717, 1.165) is 32.5 Å². The van der Waals surface area contributed by atoms with Gasteiger partial charge in [0.15, 0.2) is 0 Å². The van der Waals surface area contributed by atoms with Crippen molar-refractivity contribution in [3.8, 4) is 0 Å². The van der Waals surface area contributed by atoms with E-state index < -0.39 is 0 Å². The van der Waals surface area contributed by atoms with Crippen LogP contribution in [0.25, 0.3) is 0 Å². The molecule has 26 heavy (non-hydrogen) atoms. The van der Waals surface area contributed by atoms with Crippen LogP contribution in [0.15, 0.2) is 24.3 Å². The third-order valence-corrected chi connectivity index (χ3v) is 5.95. The summed E-state index contributed by atoms with van der Waals surface area (Å²) in [7, 11) is 1.64.